The van der Waals surface area contributed by atoms with Crippen molar-refractivity contribution in [1.82, 2.24) is 0 Å². The van der Waals surface area contributed by atoms with Gasteiger partial charge in [-0.3, -0.25) is 0 Å². The van der Waals surface area contributed by atoms with Crippen LogP contribution >= 0.6 is 0 Å². The Hall–Kier alpha value is -1.25. The number of ether oxygens (including phenoxy) is 1. The first-order chi connectivity index (χ1) is 11.7. The van der Waals surface area contributed by atoms with Gasteiger partial charge in [-0.2, -0.15) is 0 Å². The van der Waals surface area contributed by atoms with E-state index in [1.165, 1.54) is 3.40 Å². The van der Waals surface area contributed by atoms with Crippen LogP contribution < -0.4 is 0 Å². The number of esters is 1. The number of halogens is 3. The fraction of sp³-hybridized carbons (Fsp3) is 0.421. The second-order valence-corrected chi connectivity index (χ2v) is 9.23. The zero-order valence-corrected chi connectivity index (χ0v) is 16.6. The predicted molar refractivity (Wildman–Crippen MR) is 93.7 cm³/mol. The van der Waals surface area contributed by atoms with Gasteiger partial charge in [0.2, 0.25) is 0 Å². The van der Waals surface area contributed by atoms with Crippen molar-refractivity contribution in [1.29, 1.82) is 0 Å². The van der Waals surface area contributed by atoms with Crippen molar-refractivity contribution >= 4 is 35.2 Å². The molecule has 0 spiro atoms. The van der Waals surface area contributed by atoms with E-state index in [0.29, 0.717) is 6.42 Å². The minimum absolute atomic E-state index is 0.0680. The van der Waals surface area contributed by atoms with Gasteiger partial charge < -0.3 is 0 Å². The Morgan fingerprint density at radius 2 is 1.92 bits per heavy atom. The van der Waals surface area contributed by atoms with Crippen LogP contribution in [-0.4, -0.2) is 32.6 Å². The molecule has 6 heteroatoms. The molecule has 1 aromatic heterocycles. The summed E-state index contributed by atoms with van der Waals surface area (Å²) in [5.41, 5.74) is -0.715. The van der Waals surface area contributed by atoms with Gasteiger partial charge in [-0.25, -0.2) is 0 Å². The van der Waals surface area contributed by atoms with Crippen molar-refractivity contribution in [2.24, 2.45) is 0 Å². The third-order valence-corrected chi connectivity index (χ3v) is 7.84. The fourth-order valence-corrected chi connectivity index (χ4v) is 6.37. The van der Waals surface area contributed by atoms with Gasteiger partial charge in [-0.1, -0.05) is 0 Å². The SMILES string of the molecule is C=C(C)C(=O)OC(CC)(CCCC(F)(F)F)c1cc2ccccc2[te]1. The second kappa shape index (κ2) is 7.97. The molecule has 0 bridgehead atoms. The van der Waals surface area contributed by atoms with E-state index in [1.807, 2.05) is 37.3 Å². The van der Waals surface area contributed by atoms with Crippen LogP contribution in [0.2, 0.25) is 0 Å². The standard InChI is InChI=1S/C19H21F3O2Te/c1-4-18(24-17(23)13(2)3,10-7-11-19(20,21)22)16-12-14-8-5-6-9-15(14)25-16/h5-6,8-9,12H,2,4,7,10-11H2,1,3H3. The minimum atomic E-state index is -4.21. The first-order valence-corrected chi connectivity index (χ1v) is 10.4. The number of carbonyl (C=O) groups is 1. The Balaban J connectivity index is 2.37. The van der Waals surface area contributed by atoms with Crippen molar-refractivity contribution in [2.45, 2.75) is 51.3 Å². The molecule has 0 radical (unpaired) electrons. The van der Waals surface area contributed by atoms with Crippen LogP contribution in [-0.2, 0) is 15.1 Å². The Labute approximate surface area is 155 Å². The first kappa shape index (κ1) is 20.1. The molecule has 0 aliphatic rings. The van der Waals surface area contributed by atoms with Crippen LogP contribution in [0, 0.1) is 0 Å². The van der Waals surface area contributed by atoms with Crippen molar-refractivity contribution < 1.29 is 22.7 Å². The molecule has 2 nitrogen and oxygen atoms in total. The van der Waals surface area contributed by atoms with E-state index in [4.69, 9.17) is 4.74 Å². The molecule has 25 heavy (non-hydrogen) atoms. The van der Waals surface area contributed by atoms with Crippen LogP contribution in [0.1, 0.15) is 43.1 Å². The summed E-state index contributed by atoms with van der Waals surface area (Å²) in [4.78, 5) is 12.2. The number of benzene rings is 1. The molecule has 1 aromatic carbocycles. The summed E-state index contributed by atoms with van der Waals surface area (Å²) >= 11 is -0.774. The summed E-state index contributed by atoms with van der Waals surface area (Å²) in [7, 11) is 0. The number of hydrogen-bond acceptors (Lipinski definition) is 2. The summed E-state index contributed by atoms with van der Waals surface area (Å²) in [6, 6.07) is 9.92. The Bertz CT molecular complexity index is 730. The molecule has 0 saturated heterocycles. The normalized spacial score (nSPS) is 14.3. The average molecular weight is 466 g/mol. The third-order valence-electron chi connectivity index (χ3n) is 4.12. The quantitative estimate of drug-likeness (QED) is 0.313. The molecule has 1 heterocycles. The fourth-order valence-electron chi connectivity index (χ4n) is 2.69. The Morgan fingerprint density at radius 1 is 1.24 bits per heavy atom. The predicted octanol–water partition coefficient (Wildman–Crippen LogP) is 5.35. The number of carbonyl (C=O) groups excluding carboxylic acids is 1. The Kier molecular flexibility index (Phi) is 6.40. The van der Waals surface area contributed by atoms with Gasteiger partial charge in [0.15, 0.2) is 0 Å². The van der Waals surface area contributed by atoms with Crippen molar-refractivity contribution in [3.63, 3.8) is 0 Å². The topological polar surface area (TPSA) is 26.3 Å². The van der Waals surface area contributed by atoms with Crippen LogP contribution in [0.3, 0.4) is 0 Å². The summed E-state index contributed by atoms with van der Waals surface area (Å²) < 4.78 is 45.7. The number of hydrogen-bond donors (Lipinski definition) is 0. The maximum absolute atomic E-state index is 12.6. The van der Waals surface area contributed by atoms with Crippen molar-refractivity contribution in [2.75, 3.05) is 0 Å². The van der Waals surface area contributed by atoms with Crippen LogP contribution in [0.15, 0.2) is 42.5 Å². The van der Waals surface area contributed by atoms with E-state index in [9.17, 15) is 18.0 Å². The van der Waals surface area contributed by atoms with Gasteiger partial charge in [0, 0.05) is 0 Å². The van der Waals surface area contributed by atoms with E-state index in [-0.39, 0.29) is 18.4 Å². The van der Waals surface area contributed by atoms with Crippen LogP contribution in [0.25, 0.3) is 8.79 Å². The van der Waals surface area contributed by atoms with Gasteiger partial charge in [0.1, 0.15) is 0 Å². The monoisotopic (exact) mass is 468 g/mol. The zero-order chi connectivity index (χ0) is 18.7. The van der Waals surface area contributed by atoms with Crippen molar-refractivity contribution in [3.05, 3.63) is 46.1 Å². The van der Waals surface area contributed by atoms with Gasteiger partial charge >= 0.3 is 155 Å². The van der Waals surface area contributed by atoms with Gasteiger partial charge in [0.05, 0.1) is 0 Å². The van der Waals surface area contributed by atoms with E-state index in [0.717, 1.165) is 8.97 Å². The van der Waals surface area contributed by atoms with Crippen LogP contribution in [0.4, 0.5) is 13.2 Å². The summed E-state index contributed by atoms with van der Waals surface area (Å²) in [5, 5.41) is 1.08. The molecule has 0 fully saturated rings. The van der Waals surface area contributed by atoms with Gasteiger partial charge in [0.25, 0.3) is 0 Å². The third kappa shape index (κ3) is 5.12. The Morgan fingerprint density at radius 3 is 2.48 bits per heavy atom. The molecule has 0 aliphatic heterocycles. The van der Waals surface area contributed by atoms with E-state index >= 15 is 0 Å². The number of fused-ring (bicyclic) bond motifs is 1. The molecule has 1 unspecified atom stereocenters. The molecule has 0 amide bonds. The summed E-state index contributed by atoms with van der Waals surface area (Å²) in [5.74, 6) is -0.543. The molecule has 2 aromatic rings. The molecule has 0 N–H and O–H groups in total. The van der Waals surface area contributed by atoms with Crippen LogP contribution in [0.5, 0.6) is 0 Å². The van der Waals surface area contributed by atoms with Crippen molar-refractivity contribution in [3.8, 4) is 0 Å². The summed E-state index contributed by atoms with van der Waals surface area (Å²) in [6.45, 7) is 7.00. The molecule has 0 saturated carbocycles. The maximum atomic E-state index is 12.6. The first-order valence-electron chi connectivity index (χ1n) is 8.11. The van der Waals surface area contributed by atoms with Gasteiger partial charge in [-0.15, -0.1) is 0 Å². The number of alkyl halides is 3. The summed E-state index contributed by atoms with van der Waals surface area (Å²) in [6.07, 6.45) is -4.52. The van der Waals surface area contributed by atoms with E-state index < -0.39 is 44.6 Å². The average Bonchev–Trinajstić information content (AvgIpc) is 2.97. The second-order valence-electron chi connectivity index (χ2n) is 6.13. The number of rotatable bonds is 7. The molecule has 1 atom stereocenters. The molecule has 0 aliphatic carbocycles. The molecule has 136 valence electrons. The molecule has 2 rings (SSSR count). The van der Waals surface area contributed by atoms with E-state index in [2.05, 4.69) is 6.58 Å². The van der Waals surface area contributed by atoms with E-state index in [1.54, 1.807) is 6.92 Å². The zero-order valence-electron chi connectivity index (χ0n) is 14.3. The molecular formula is C19H21F3O2Te. The van der Waals surface area contributed by atoms with Gasteiger partial charge in [-0.05, 0) is 0 Å². The molecular weight excluding hydrogens is 445 g/mol.